The highest BCUT2D eigenvalue weighted by Gasteiger charge is 2.35. The molecule has 3 aromatic rings. The number of hydrogen-bond acceptors (Lipinski definition) is 5. The van der Waals surface area contributed by atoms with Crippen LogP contribution in [0.2, 0.25) is 0 Å². The Kier molecular flexibility index (Phi) is 5.35. The van der Waals surface area contributed by atoms with Gasteiger partial charge in [-0.1, -0.05) is 0 Å². The Balaban J connectivity index is 2.14. The zero-order valence-corrected chi connectivity index (χ0v) is 15.3. The Morgan fingerprint density at radius 2 is 1.93 bits per heavy atom. The van der Waals surface area contributed by atoms with Gasteiger partial charge in [-0.05, 0) is 47.9 Å². The molecule has 0 aromatic carbocycles. The lowest BCUT2D eigenvalue weighted by Crippen LogP contribution is -2.13. The molecule has 3 rings (SSSR count). The number of nitrogens with zero attached hydrogens (tertiary/aromatic N) is 2. The minimum Gasteiger partial charge on any atom is -0.453 e. The Morgan fingerprint density at radius 1 is 1.17 bits per heavy atom. The van der Waals surface area contributed by atoms with Crippen LogP contribution in [0, 0.1) is 6.92 Å². The third-order valence-electron chi connectivity index (χ3n) is 4.04. The van der Waals surface area contributed by atoms with Gasteiger partial charge in [-0.2, -0.15) is 13.2 Å². The lowest BCUT2D eigenvalue weighted by Gasteiger charge is -2.13. The van der Waals surface area contributed by atoms with Gasteiger partial charge in [-0.25, -0.2) is 9.78 Å². The molecule has 0 bridgehead atoms. The SMILES string of the molecule is COC(=O)Nc1cc(-c2cc(-c3cccnc3C(F)(F)F)[nH]c(=O)c2)c(C)cn1. The molecule has 7 nitrogen and oxygen atoms in total. The van der Waals surface area contributed by atoms with Crippen molar-refractivity contribution in [3.63, 3.8) is 0 Å². The third-order valence-corrected chi connectivity index (χ3v) is 4.04. The highest BCUT2D eigenvalue weighted by atomic mass is 19.4. The number of aromatic amines is 1. The third kappa shape index (κ3) is 4.42. The Bertz CT molecular complexity index is 1130. The van der Waals surface area contributed by atoms with Crippen LogP contribution in [-0.4, -0.2) is 28.2 Å². The molecular formula is C19H15F3N4O3. The van der Waals surface area contributed by atoms with E-state index in [1.165, 1.54) is 43.6 Å². The largest absolute Gasteiger partial charge is 0.453 e. The normalized spacial score (nSPS) is 11.2. The molecule has 3 aromatic heterocycles. The van der Waals surface area contributed by atoms with Gasteiger partial charge >= 0.3 is 12.3 Å². The molecule has 29 heavy (non-hydrogen) atoms. The number of ether oxygens (including phenoxy) is 1. The number of nitrogens with one attached hydrogen (secondary N) is 2. The van der Waals surface area contributed by atoms with Crippen LogP contribution in [-0.2, 0) is 10.9 Å². The Morgan fingerprint density at radius 3 is 2.62 bits per heavy atom. The van der Waals surface area contributed by atoms with E-state index >= 15 is 0 Å². The topological polar surface area (TPSA) is 97.0 Å². The van der Waals surface area contributed by atoms with Crippen molar-refractivity contribution in [3.8, 4) is 22.4 Å². The molecule has 3 heterocycles. The van der Waals surface area contributed by atoms with Crippen LogP contribution < -0.4 is 10.9 Å². The summed E-state index contributed by atoms with van der Waals surface area (Å²) < 4.78 is 44.5. The molecule has 10 heteroatoms. The monoisotopic (exact) mass is 404 g/mol. The van der Waals surface area contributed by atoms with Crippen LogP contribution in [0.25, 0.3) is 22.4 Å². The van der Waals surface area contributed by atoms with Gasteiger partial charge in [0.1, 0.15) is 5.82 Å². The molecule has 0 unspecified atom stereocenters. The fraction of sp³-hybridized carbons (Fsp3) is 0.158. The summed E-state index contributed by atoms with van der Waals surface area (Å²) in [6.45, 7) is 1.72. The molecule has 0 radical (unpaired) electrons. The van der Waals surface area contributed by atoms with Crippen LogP contribution in [0.15, 0.2) is 47.5 Å². The molecular weight excluding hydrogens is 389 g/mol. The number of amides is 1. The first-order chi connectivity index (χ1) is 13.7. The van der Waals surface area contributed by atoms with Crippen LogP contribution in [0.3, 0.4) is 0 Å². The van der Waals surface area contributed by atoms with Gasteiger partial charge in [0.25, 0.3) is 0 Å². The van der Waals surface area contributed by atoms with Crippen molar-refractivity contribution in [3.05, 3.63) is 64.3 Å². The standard InChI is InChI=1S/C19H15F3N4O3/c1-10-9-24-15(26-18(28)29-2)8-13(10)11-6-14(25-16(27)7-11)12-4-3-5-23-17(12)19(20,21)22/h3-9H,1-2H3,(H,25,27)(H,24,26,28). The maximum Gasteiger partial charge on any atom is 0.434 e. The van der Waals surface area contributed by atoms with E-state index < -0.39 is 23.5 Å². The molecule has 0 aliphatic carbocycles. The van der Waals surface area contributed by atoms with E-state index in [1.807, 2.05) is 0 Å². The minimum absolute atomic E-state index is 0.0355. The average Bonchev–Trinajstić information content (AvgIpc) is 2.68. The first-order valence-electron chi connectivity index (χ1n) is 8.28. The number of pyridine rings is 3. The van der Waals surface area contributed by atoms with Crippen molar-refractivity contribution in [1.29, 1.82) is 0 Å². The van der Waals surface area contributed by atoms with E-state index in [2.05, 4.69) is 25.0 Å². The van der Waals surface area contributed by atoms with Crippen molar-refractivity contribution in [2.45, 2.75) is 13.1 Å². The number of methoxy groups -OCH3 is 1. The Hall–Kier alpha value is -3.69. The molecule has 0 fully saturated rings. The number of rotatable bonds is 3. The van der Waals surface area contributed by atoms with E-state index in [1.54, 1.807) is 6.92 Å². The van der Waals surface area contributed by atoms with Crippen LogP contribution in [0.4, 0.5) is 23.8 Å². The predicted octanol–water partition coefficient (Wildman–Crippen LogP) is 4.00. The number of aromatic nitrogens is 3. The molecule has 1 amide bonds. The zero-order chi connectivity index (χ0) is 21.2. The molecule has 0 saturated heterocycles. The van der Waals surface area contributed by atoms with Crippen molar-refractivity contribution < 1.29 is 22.7 Å². The van der Waals surface area contributed by atoms with Crippen molar-refractivity contribution in [2.75, 3.05) is 12.4 Å². The van der Waals surface area contributed by atoms with Crippen molar-refractivity contribution in [1.82, 2.24) is 15.0 Å². The summed E-state index contributed by atoms with van der Waals surface area (Å²) in [6.07, 6.45) is -2.92. The highest BCUT2D eigenvalue weighted by Crippen LogP contribution is 2.35. The fourth-order valence-corrected chi connectivity index (χ4v) is 2.75. The first-order valence-corrected chi connectivity index (χ1v) is 8.28. The molecule has 2 N–H and O–H groups in total. The molecule has 0 aliphatic rings. The second-order valence-corrected chi connectivity index (χ2v) is 6.05. The number of halogens is 3. The van der Waals surface area contributed by atoms with E-state index in [9.17, 15) is 22.8 Å². The van der Waals surface area contributed by atoms with Crippen molar-refractivity contribution >= 4 is 11.9 Å². The zero-order valence-electron chi connectivity index (χ0n) is 15.3. The summed E-state index contributed by atoms with van der Waals surface area (Å²) in [7, 11) is 1.19. The number of hydrogen-bond donors (Lipinski definition) is 2. The first kappa shape index (κ1) is 20.1. The minimum atomic E-state index is -4.69. The number of H-pyrrole nitrogens is 1. The summed E-state index contributed by atoms with van der Waals surface area (Å²) >= 11 is 0. The summed E-state index contributed by atoms with van der Waals surface area (Å²) in [4.78, 5) is 33.5. The summed E-state index contributed by atoms with van der Waals surface area (Å²) in [6, 6.07) is 6.74. The average molecular weight is 404 g/mol. The second-order valence-electron chi connectivity index (χ2n) is 6.05. The summed E-state index contributed by atoms with van der Waals surface area (Å²) in [5, 5.41) is 2.40. The van der Waals surface area contributed by atoms with E-state index in [0.717, 1.165) is 6.20 Å². The van der Waals surface area contributed by atoms with Gasteiger partial charge in [0.2, 0.25) is 5.56 Å². The number of anilines is 1. The predicted molar refractivity (Wildman–Crippen MR) is 99.3 cm³/mol. The maximum atomic E-state index is 13.3. The van der Waals surface area contributed by atoms with Crippen LogP contribution in [0.5, 0.6) is 0 Å². The lowest BCUT2D eigenvalue weighted by molar-refractivity contribution is -0.140. The smallest absolute Gasteiger partial charge is 0.434 e. The van der Waals surface area contributed by atoms with Crippen LogP contribution >= 0.6 is 0 Å². The lowest BCUT2D eigenvalue weighted by atomic mass is 10.00. The van der Waals surface area contributed by atoms with E-state index in [4.69, 9.17) is 0 Å². The summed E-state index contributed by atoms with van der Waals surface area (Å²) in [5.74, 6) is 0.164. The van der Waals surface area contributed by atoms with E-state index in [0.29, 0.717) is 16.7 Å². The molecule has 0 aliphatic heterocycles. The molecule has 0 atom stereocenters. The quantitative estimate of drug-likeness (QED) is 0.688. The van der Waals surface area contributed by atoms with Crippen molar-refractivity contribution in [2.24, 2.45) is 0 Å². The highest BCUT2D eigenvalue weighted by molar-refractivity contribution is 5.85. The maximum absolute atomic E-state index is 13.3. The Labute approximate surface area is 162 Å². The fourth-order valence-electron chi connectivity index (χ4n) is 2.75. The van der Waals surface area contributed by atoms with Crippen LogP contribution in [0.1, 0.15) is 11.3 Å². The number of carbonyl (C=O) groups is 1. The number of alkyl halides is 3. The van der Waals surface area contributed by atoms with Gasteiger partial charge in [0.15, 0.2) is 5.69 Å². The molecule has 0 saturated carbocycles. The van der Waals surface area contributed by atoms with Gasteiger partial charge in [0.05, 0.1) is 12.8 Å². The van der Waals surface area contributed by atoms with Gasteiger partial charge in [-0.3, -0.25) is 15.1 Å². The molecule has 150 valence electrons. The second kappa shape index (κ2) is 7.74. The molecule has 0 spiro atoms. The van der Waals surface area contributed by atoms with E-state index in [-0.39, 0.29) is 17.1 Å². The van der Waals surface area contributed by atoms with Gasteiger partial charge in [-0.15, -0.1) is 0 Å². The van der Waals surface area contributed by atoms with Gasteiger partial charge in [0, 0.05) is 24.0 Å². The number of aryl methyl sites for hydroxylation is 1. The number of carbonyl (C=O) groups excluding carboxylic acids is 1. The van der Waals surface area contributed by atoms with Gasteiger partial charge < -0.3 is 9.72 Å². The summed E-state index contributed by atoms with van der Waals surface area (Å²) in [5.41, 5.74) is -0.463.